The molecule has 0 fully saturated rings. The molecule has 86 valence electrons. The summed E-state index contributed by atoms with van der Waals surface area (Å²) in [5.41, 5.74) is 1.98. The van der Waals surface area contributed by atoms with Crippen molar-refractivity contribution < 1.29 is 9.52 Å². The Kier molecular flexibility index (Phi) is 3.27. The average molecular weight is 219 g/mol. The number of hydrogen-bond donors (Lipinski definition) is 2. The highest BCUT2D eigenvalue weighted by molar-refractivity contribution is 5.77. The van der Waals surface area contributed by atoms with Crippen LogP contribution >= 0.6 is 0 Å². The van der Waals surface area contributed by atoms with Crippen LogP contribution in [0.4, 0.5) is 0 Å². The normalized spacial score (nSPS) is 15.2. The van der Waals surface area contributed by atoms with Crippen LogP contribution < -0.4 is 5.32 Å². The first kappa shape index (κ1) is 11.2. The third-order valence-corrected chi connectivity index (χ3v) is 3.16. The van der Waals surface area contributed by atoms with Gasteiger partial charge in [-0.3, -0.25) is 0 Å². The maximum absolute atomic E-state index is 9.43. The summed E-state index contributed by atoms with van der Waals surface area (Å²) >= 11 is 0. The van der Waals surface area contributed by atoms with Gasteiger partial charge in [0.05, 0.1) is 12.9 Å². The van der Waals surface area contributed by atoms with E-state index in [4.69, 9.17) is 4.42 Å². The van der Waals surface area contributed by atoms with Gasteiger partial charge in [0.2, 0.25) is 0 Å². The minimum absolute atomic E-state index is 0.0968. The maximum Gasteiger partial charge on any atom is 0.134 e. The van der Waals surface area contributed by atoms with Crippen LogP contribution in [0, 0.1) is 0 Å². The Morgan fingerprint density at radius 1 is 1.38 bits per heavy atom. The monoisotopic (exact) mass is 219 g/mol. The Hall–Kier alpha value is -1.32. The molecule has 1 aromatic carbocycles. The van der Waals surface area contributed by atoms with E-state index in [0.717, 1.165) is 16.5 Å². The van der Waals surface area contributed by atoms with Gasteiger partial charge in [-0.2, -0.15) is 0 Å². The smallest absolute Gasteiger partial charge is 0.134 e. The molecule has 2 atom stereocenters. The lowest BCUT2D eigenvalue weighted by molar-refractivity contribution is 0.243. The topological polar surface area (TPSA) is 45.4 Å². The van der Waals surface area contributed by atoms with Gasteiger partial charge in [0.25, 0.3) is 0 Å². The molecule has 3 nitrogen and oxygen atoms in total. The second kappa shape index (κ2) is 4.68. The molecule has 2 aromatic rings. The molecule has 0 spiro atoms. The summed E-state index contributed by atoms with van der Waals surface area (Å²) in [6, 6.07) is 8.25. The number of rotatable bonds is 4. The number of benzene rings is 1. The van der Waals surface area contributed by atoms with Crippen LogP contribution in [0.2, 0.25) is 0 Å². The first-order valence-corrected chi connectivity index (χ1v) is 5.51. The minimum Gasteiger partial charge on any atom is -0.464 e. The van der Waals surface area contributed by atoms with Gasteiger partial charge in [0.15, 0.2) is 0 Å². The molecule has 2 N–H and O–H groups in total. The summed E-state index contributed by atoms with van der Waals surface area (Å²) in [5.74, 6) is 0.0968. The zero-order valence-electron chi connectivity index (χ0n) is 9.60. The van der Waals surface area contributed by atoms with Crippen molar-refractivity contribution in [1.82, 2.24) is 5.32 Å². The van der Waals surface area contributed by atoms with E-state index in [1.54, 1.807) is 6.26 Å². The summed E-state index contributed by atoms with van der Waals surface area (Å²) in [5, 5.41) is 13.7. The predicted octanol–water partition coefficient (Wildman–Crippen LogP) is 2.12. The Morgan fingerprint density at radius 3 is 2.88 bits per heavy atom. The van der Waals surface area contributed by atoms with E-state index < -0.39 is 0 Å². The second-order valence-electron chi connectivity index (χ2n) is 4.08. The number of aliphatic hydroxyl groups excluding tert-OH is 1. The van der Waals surface area contributed by atoms with Crippen molar-refractivity contribution in [2.24, 2.45) is 0 Å². The van der Waals surface area contributed by atoms with Crippen molar-refractivity contribution in [3.63, 3.8) is 0 Å². The molecule has 0 aliphatic heterocycles. The van der Waals surface area contributed by atoms with E-state index in [1.165, 1.54) is 0 Å². The summed E-state index contributed by atoms with van der Waals surface area (Å²) < 4.78 is 5.36. The highest BCUT2D eigenvalue weighted by Crippen LogP contribution is 2.24. The number of likely N-dealkylation sites (N-methyl/N-ethyl adjacent to an activating group) is 1. The molecule has 0 aliphatic carbocycles. The van der Waals surface area contributed by atoms with Crippen molar-refractivity contribution in [3.8, 4) is 0 Å². The Morgan fingerprint density at radius 2 is 2.19 bits per heavy atom. The predicted molar refractivity (Wildman–Crippen MR) is 64.6 cm³/mol. The minimum atomic E-state index is 0.0968. The summed E-state index contributed by atoms with van der Waals surface area (Å²) in [6.07, 6.45) is 1.68. The highest BCUT2D eigenvalue weighted by atomic mass is 16.3. The largest absolute Gasteiger partial charge is 0.464 e. The lowest BCUT2D eigenvalue weighted by atomic mass is 9.93. The molecule has 0 bridgehead atoms. The van der Waals surface area contributed by atoms with E-state index in [2.05, 4.69) is 12.2 Å². The van der Waals surface area contributed by atoms with Crippen LogP contribution in [0.5, 0.6) is 0 Å². The summed E-state index contributed by atoms with van der Waals surface area (Å²) in [6.45, 7) is 2.20. The molecular weight excluding hydrogens is 202 g/mol. The van der Waals surface area contributed by atoms with Crippen LogP contribution in [0.25, 0.3) is 11.0 Å². The van der Waals surface area contributed by atoms with Gasteiger partial charge in [-0.05, 0) is 31.7 Å². The number of aliphatic hydroxyl groups is 1. The fourth-order valence-corrected chi connectivity index (χ4v) is 1.96. The average Bonchev–Trinajstić information content (AvgIpc) is 2.77. The standard InChI is InChI=1S/C13H17NO2/c1-9(14-2)12(8-15)11-4-3-10-5-6-16-13(10)7-11/h3-7,9,12,14-15H,8H2,1-2H3/t9-,12-/m1/s1. The van der Waals surface area contributed by atoms with Crippen LogP contribution in [0.3, 0.4) is 0 Å². The Balaban J connectivity index is 2.36. The molecular formula is C13H17NO2. The zero-order chi connectivity index (χ0) is 11.5. The van der Waals surface area contributed by atoms with Gasteiger partial charge < -0.3 is 14.8 Å². The molecule has 3 heteroatoms. The molecule has 0 amide bonds. The number of furan rings is 1. The summed E-state index contributed by atoms with van der Waals surface area (Å²) in [7, 11) is 1.90. The van der Waals surface area contributed by atoms with Crippen LogP contribution in [0.15, 0.2) is 34.9 Å². The fraction of sp³-hybridized carbons (Fsp3) is 0.385. The van der Waals surface area contributed by atoms with Crippen LogP contribution in [-0.2, 0) is 0 Å². The first-order valence-electron chi connectivity index (χ1n) is 5.51. The lowest BCUT2D eigenvalue weighted by Gasteiger charge is -2.21. The molecule has 0 saturated carbocycles. The van der Waals surface area contributed by atoms with Crippen molar-refractivity contribution in [2.45, 2.75) is 18.9 Å². The van der Waals surface area contributed by atoms with E-state index in [0.29, 0.717) is 0 Å². The van der Waals surface area contributed by atoms with Gasteiger partial charge in [-0.1, -0.05) is 12.1 Å². The summed E-state index contributed by atoms with van der Waals surface area (Å²) in [4.78, 5) is 0. The quantitative estimate of drug-likeness (QED) is 0.828. The highest BCUT2D eigenvalue weighted by Gasteiger charge is 2.17. The van der Waals surface area contributed by atoms with Gasteiger partial charge >= 0.3 is 0 Å². The molecule has 1 heterocycles. The van der Waals surface area contributed by atoms with Gasteiger partial charge in [-0.25, -0.2) is 0 Å². The Bertz CT molecular complexity index is 464. The Labute approximate surface area is 95.1 Å². The number of hydrogen-bond acceptors (Lipinski definition) is 3. The van der Waals surface area contributed by atoms with Gasteiger partial charge in [0.1, 0.15) is 5.58 Å². The molecule has 2 rings (SSSR count). The van der Waals surface area contributed by atoms with Crippen molar-refractivity contribution in [2.75, 3.05) is 13.7 Å². The molecule has 1 aromatic heterocycles. The zero-order valence-corrected chi connectivity index (χ0v) is 9.60. The van der Waals surface area contributed by atoms with Crippen molar-refractivity contribution >= 4 is 11.0 Å². The molecule has 0 radical (unpaired) electrons. The number of fused-ring (bicyclic) bond motifs is 1. The van der Waals surface area contributed by atoms with E-state index in [-0.39, 0.29) is 18.6 Å². The van der Waals surface area contributed by atoms with Crippen molar-refractivity contribution in [3.05, 3.63) is 36.1 Å². The first-order chi connectivity index (χ1) is 7.76. The molecule has 16 heavy (non-hydrogen) atoms. The SMILES string of the molecule is CN[C@H](C)[C@@H](CO)c1ccc2ccoc2c1. The van der Waals surface area contributed by atoms with Crippen LogP contribution in [0.1, 0.15) is 18.4 Å². The fourth-order valence-electron chi connectivity index (χ4n) is 1.96. The van der Waals surface area contributed by atoms with Gasteiger partial charge in [0, 0.05) is 17.3 Å². The van der Waals surface area contributed by atoms with E-state index >= 15 is 0 Å². The van der Waals surface area contributed by atoms with E-state index in [9.17, 15) is 5.11 Å². The molecule has 0 unspecified atom stereocenters. The second-order valence-corrected chi connectivity index (χ2v) is 4.08. The van der Waals surface area contributed by atoms with Crippen LogP contribution in [-0.4, -0.2) is 24.8 Å². The van der Waals surface area contributed by atoms with Gasteiger partial charge in [-0.15, -0.1) is 0 Å². The molecule has 0 aliphatic rings. The molecule has 0 saturated heterocycles. The van der Waals surface area contributed by atoms with E-state index in [1.807, 2.05) is 31.3 Å². The number of nitrogens with one attached hydrogen (secondary N) is 1. The maximum atomic E-state index is 9.43. The third-order valence-electron chi connectivity index (χ3n) is 3.16. The third kappa shape index (κ3) is 1.96. The van der Waals surface area contributed by atoms with Crippen molar-refractivity contribution in [1.29, 1.82) is 0 Å². The lowest BCUT2D eigenvalue weighted by Crippen LogP contribution is -2.30.